The molecular formula is C19H38N2. The van der Waals surface area contributed by atoms with Gasteiger partial charge in [0.25, 0.3) is 0 Å². The summed E-state index contributed by atoms with van der Waals surface area (Å²) in [7, 11) is 0. The molecule has 2 rings (SSSR count). The Balaban J connectivity index is 1.93. The predicted octanol–water partition coefficient (Wildman–Crippen LogP) is 4.30. The van der Waals surface area contributed by atoms with E-state index in [-0.39, 0.29) is 0 Å². The molecule has 0 aromatic carbocycles. The standard InChI is InChI=1S/C19H38N2/c1-6-8-15-11-17(20-14-19(3,4)5)13-21(12-15)18(7-2)16-9-10-16/h15-18,20H,6-14H2,1-5H3. The molecule has 0 spiro atoms. The molecule has 3 atom stereocenters. The lowest BCUT2D eigenvalue weighted by atomic mass is 9.87. The quantitative estimate of drug-likeness (QED) is 0.753. The highest BCUT2D eigenvalue weighted by Gasteiger charge is 2.38. The van der Waals surface area contributed by atoms with E-state index >= 15 is 0 Å². The van der Waals surface area contributed by atoms with Gasteiger partial charge >= 0.3 is 0 Å². The highest BCUT2D eigenvalue weighted by molar-refractivity contribution is 4.93. The van der Waals surface area contributed by atoms with Crippen LogP contribution in [-0.2, 0) is 0 Å². The molecule has 1 heterocycles. The van der Waals surface area contributed by atoms with Crippen molar-refractivity contribution in [3.05, 3.63) is 0 Å². The second kappa shape index (κ2) is 7.46. The molecule has 21 heavy (non-hydrogen) atoms. The Labute approximate surface area is 133 Å². The number of rotatable bonds is 7. The van der Waals surface area contributed by atoms with Gasteiger partial charge in [0.1, 0.15) is 0 Å². The fourth-order valence-corrected chi connectivity index (χ4v) is 4.10. The highest BCUT2D eigenvalue weighted by Crippen LogP contribution is 2.38. The van der Waals surface area contributed by atoms with Crippen LogP contribution in [0.25, 0.3) is 0 Å². The van der Waals surface area contributed by atoms with Crippen LogP contribution in [0.15, 0.2) is 0 Å². The third-order valence-electron chi connectivity index (χ3n) is 5.24. The molecule has 0 amide bonds. The molecule has 2 heteroatoms. The van der Waals surface area contributed by atoms with Crippen molar-refractivity contribution < 1.29 is 0 Å². The topological polar surface area (TPSA) is 15.3 Å². The van der Waals surface area contributed by atoms with Gasteiger partial charge in [0, 0.05) is 31.7 Å². The van der Waals surface area contributed by atoms with Crippen molar-refractivity contribution in [3.63, 3.8) is 0 Å². The van der Waals surface area contributed by atoms with Crippen LogP contribution in [-0.4, -0.2) is 36.6 Å². The van der Waals surface area contributed by atoms with Crippen molar-refractivity contribution in [2.75, 3.05) is 19.6 Å². The van der Waals surface area contributed by atoms with E-state index in [2.05, 4.69) is 44.8 Å². The maximum atomic E-state index is 3.88. The summed E-state index contributed by atoms with van der Waals surface area (Å²) in [5.74, 6) is 1.92. The Morgan fingerprint density at radius 3 is 2.38 bits per heavy atom. The van der Waals surface area contributed by atoms with Crippen LogP contribution in [0.5, 0.6) is 0 Å². The summed E-state index contributed by atoms with van der Waals surface area (Å²) in [6.07, 6.45) is 8.44. The molecule has 0 bridgehead atoms. The van der Waals surface area contributed by atoms with E-state index in [9.17, 15) is 0 Å². The van der Waals surface area contributed by atoms with Crippen LogP contribution in [0.3, 0.4) is 0 Å². The van der Waals surface area contributed by atoms with E-state index < -0.39 is 0 Å². The smallest absolute Gasteiger partial charge is 0.0198 e. The highest BCUT2D eigenvalue weighted by atomic mass is 15.2. The summed E-state index contributed by atoms with van der Waals surface area (Å²) in [6, 6.07) is 1.57. The first kappa shape index (κ1) is 17.3. The lowest BCUT2D eigenvalue weighted by Gasteiger charge is -2.43. The van der Waals surface area contributed by atoms with Crippen molar-refractivity contribution in [2.24, 2.45) is 17.3 Å². The Morgan fingerprint density at radius 2 is 1.86 bits per heavy atom. The minimum Gasteiger partial charge on any atom is -0.312 e. The van der Waals surface area contributed by atoms with E-state index in [1.807, 2.05) is 0 Å². The number of hydrogen-bond acceptors (Lipinski definition) is 2. The number of nitrogens with one attached hydrogen (secondary N) is 1. The van der Waals surface area contributed by atoms with Gasteiger partial charge in [0.2, 0.25) is 0 Å². The molecule has 2 nitrogen and oxygen atoms in total. The Morgan fingerprint density at radius 1 is 1.14 bits per heavy atom. The van der Waals surface area contributed by atoms with Crippen LogP contribution in [0.4, 0.5) is 0 Å². The third-order valence-corrected chi connectivity index (χ3v) is 5.24. The molecule has 3 unspecified atom stereocenters. The van der Waals surface area contributed by atoms with Gasteiger partial charge in [0.05, 0.1) is 0 Å². The molecule has 0 aromatic rings. The lowest BCUT2D eigenvalue weighted by molar-refractivity contribution is 0.0776. The van der Waals surface area contributed by atoms with Gasteiger partial charge in [0.15, 0.2) is 0 Å². The van der Waals surface area contributed by atoms with Gasteiger partial charge in [-0.2, -0.15) is 0 Å². The van der Waals surface area contributed by atoms with Crippen molar-refractivity contribution in [1.29, 1.82) is 0 Å². The van der Waals surface area contributed by atoms with E-state index in [0.717, 1.165) is 24.4 Å². The van der Waals surface area contributed by atoms with E-state index in [4.69, 9.17) is 0 Å². The summed E-state index contributed by atoms with van der Waals surface area (Å²) in [5.41, 5.74) is 0.392. The number of piperidine rings is 1. The molecule has 0 aromatic heterocycles. The molecule has 1 aliphatic carbocycles. The largest absolute Gasteiger partial charge is 0.312 e. The molecule has 2 aliphatic rings. The minimum absolute atomic E-state index is 0.392. The molecule has 124 valence electrons. The molecule has 2 fully saturated rings. The SMILES string of the molecule is CCCC1CC(NCC(C)(C)C)CN(C(CC)C2CC2)C1. The van der Waals surface area contributed by atoms with Crippen LogP contribution in [0, 0.1) is 17.3 Å². The molecule has 1 aliphatic heterocycles. The Hall–Kier alpha value is -0.0800. The fraction of sp³-hybridized carbons (Fsp3) is 1.00. The zero-order valence-corrected chi connectivity index (χ0v) is 15.1. The maximum absolute atomic E-state index is 3.88. The lowest BCUT2D eigenvalue weighted by Crippen LogP contribution is -2.54. The summed E-state index contributed by atoms with van der Waals surface area (Å²) in [5, 5.41) is 3.88. The van der Waals surface area contributed by atoms with Crippen molar-refractivity contribution in [1.82, 2.24) is 10.2 Å². The van der Waals surface area contributed by atoms with Crippen LogP contribution >= 0.6 is 0 Å². The van der Waals surface area contributed by atoms with Crippen molar-refractivity contribution in [2.45, 2.75) is 85.2 Å². The Bertz CT molecular complexity index is 303. The number of hydrogen-bond donors (Lipinski definition) is 1. The summed E-state index contributed by atoms with van der Waals surface area (Å²) < 4.78 is 0. The van der Waals surface area contributed by atoms with Crippen LogP contribution in [0.1, 0.15) is 73.1 Å². The van der Waals surface area contributed by atoms with E-state index in [0.29, 0.717) is 11.5 Å². The molecule has 1 saturated carbocycles. The van der Waals surface area contributed by atoms with Gasteiger partial charge in [-0.3, -0.25) is 4.90 Å². The second-order valence-corrected chi connectivity index (χ2v) is 8.80. The van der Waals surface area contributed by atoms with Crippen LogP contribution in [0.2, 0.25) is 0 Å². The molecule has 1 saturated heterocycles. The van der Waals surface area contributed by atoms with Gasteiger partial charge in [-0.05, 0) is 49.4 Å². The molecular weight excluding hydrogens is 256 g/mol. The first-order chi connectivity index (χ1) is 9.93. The fourth-order valence-electron chi connectivity index (χ4n) is 4.10. The maximum Gasteiger partial charge on any atom is 0.0198 e. The summed E-state index contributed by atoms with van der Waals surface area (Å²) in [4.78, 5) is 2.85. The monoisotopic (exact) mass is 294 g/mol. The normalized spacial score (nSPS) is 29.6. The van der Waals surface area contributed by atoms with E-state index in [1.165, 1.54) is 51.6 Å². The van der Waals surface area contributed by atoms with Gasteiger partial charge in [-0.15, -0.1) is 0 Å². The van der Waals surface area contributed by atoms with Crippen LogP contribution < -0.4 is 5.32 Å². The van der Waals surface area contributed by atoms with Crippen molar-refractivity contribution >= 4 is 0 Å². The van der Waals surface area contributed by atoms with Gasteiger partial charge in [-0.1, -0.05) is 41.0 Å². The molecule has 0 radical (unpaired) electrons. The number of nitrogens with zero attached hydrogens (tertiary/aromatic N) is 1. The predicted molar refractivity (Wildman–Crippen MR) is 92.6 cm³/mol. The average Bonchev–Trinajstić information content (AvgIpc) is 3.21. The second-order valence-electron chi connectivity index (χ2n) is 8.80. The van der Waals surface area contributed by atoms with Gasteiger partial charge < -0.3 is 5.32 Å². The first-order valence-electron chi connectivity index (χ1n) is 9.40. The summed E-state index contributed by atoms with van der Waals surface area (Å²) >= 11 is 0. The number of likely N-dealkylation sites (tertiary alicyclic amines) is 1. The van der Waals surface area contributed by atoms with Gasteiger partial charge in [-0.25, -0.2) is 0 Å². The van der Waals surface area contributed by atoms with Crippen molar-refractivity contribution in [3.8, 4) is 0 Å². The molecule has 1 N–H and O–H groups in total. The Kier molecular flexibility index (Phi) is 6.14. The zero-order chi connectivity index (χ0) is 15.5. The zero-order valence-electron chi connectivity index (χ0n) is 15.1. The van der Waals surface area contributed by atoms with E-state index in [1.54, 1.807) is 0 Å². The summed E-state index contributed by atoms with van der Waals surface area (Å²) in [6.45, 7) is 15.5. The average molecular weight is 295 g/mol. The minimum atomic E-state index is 0.392. The first-order valence-corrected chi connectivity index (χ1v) is 9.40. The third kappa shape index (κ3) is 5.56.